The first-order valence-corrected chi connectivity index (χ1v) is 7.65. The highest BCUT2D eigenvalue weighted by Gasteiger charge is 2.49. The van der Waals surface area contributed by atoms with E-state index in [0.717, 1.165) is 31.4 Å². The lowest BCUT2D eigenvalue weighted by Crippen LogP contribution is -2.55. The summed E-state index contributed by atoms with van der Waals surface area (Å²) < 4.78 is 0. The molecule has 1 atom stereocenters. The van der Waals surface area contributed by atoms with Gasteiger partial charge in [-0.1, -0.05) is 0 Å². The van der Waals surface area contributed by atoms with E-state index in [-0.39, 0.29) is 17.4 Å². The third-order valence-corrected chi connectivity index (χ3v) is 4.98. The SMILES string of the molecule is CN1CC2(CCCCN2C(=O)c2ccsc2)CC1=O. The van der Waals surface area contributed by atoms with Crippen molar-refractivity contribution in [3.63, 3.8) is 0 Å². The molecule has 0 saturated carbocycles. The van der Waals surface area contributed by atoms with E-state index in [4.69, 9.17) is 0 Å². The molecule has 0 N–H and O–H groups in total. The normalized spacial score (nSPS) is 27.3. The number of hydrogen-bond acceptors (Lipinski definition) is 3. The van der Waals surface area contributed by atoms with Crippen LogP contribution in [0.5, 0.6) is 0 Å². The molecule has 1 unspecified atom stereocenters. The van der Waals surface area contributed by atoms with Crippen LogP contribution in [0.2, 0.25) is 0 Å². The van der Waals surface area contributed by atoms with Crippen LogP contribution >= 0.6 is 11.3 Å². The van der Waals surface area contributed by atoms with Crippen LogP contribution in [0, 0.1) is 0 Å². The van der Waals surface area contributed by atoms with Gasteiger partial charge >= 0.3 is 0 Å². The van der Waals surface area contributed by atoms with E-state index < -0.39 is 0 Å². The highest BCUT2D eigenvalue weighted by atomic mass is 32.1. The Labute approximate surface area is 117 Å². The van der Waals surface area contributed by atoms with Crippen LogP contribution in [0.1, 0.15) is 36.0 Å². The highest BCUT2D eigenvalue weighted by molar-refractivity contribution is 7.08. The molecule has 2 fully saturated rings. The van der Waals surface area contributed by atoms with E-state index in [2.05, 4.69) is 0 Å². The van der Waals surface area contributed by atoms with Crippen molar-refractivity contribution >= 4 is 23.2 Å². The van der Waals surface area contributed by atoms with Crippen LogP contribution in [0.25, 0.3) is 0 Å². The van der Waals surface area contributed by atoms with E-state index in [1.54, 1.807) is 4.90 Å². The zero-order valence-corrected chi connectivity index (χ0v) is 11.9. The fourth-order valence-electron chi connectivity index (χ4n) is 3.31. The van der Waals surface area contributed by atoms with Gasteiger partial charge in [-0.05, 0) is 30.7 Å². The Balaban J connectivity index is 1.90. The number of likely N-dealkylation sites (N-methyl/N-ethyl adjacent to an activating group) is 1. The predicted octanol–water partition coefficient (Wildman–Crippen LogP) is 1.98. The van der Waals surface area contributed by atoms with Crippen molar-refractivity contribution in [1.82, 2.24) is 9.80 Å². The van der Waals surface area contributed by atoms with Gasteiger partial charge in [-0.15, -0.1) is 0 Å². The van der Waals surface area contributed by atoms with Crippen molar-refractivity contribution in [1.29, 1.82) is 0 Å². The Morgan fingerprint density at radius 3 is 2.89 bits per heavy atom. The van der Waals surface area contributed by atoms with Crippen molar-refractivity contribution in [3.8, 4) is 0 Å². The molecule has 0 aromatic carbocycles. The molecule has 1 aromatic rings. The summed E-state index contributed by atoms with van der Waals surface area (Å²) in [7, 11) is 1.83. The molecule has 1 spiro atoms. The summed E-state index contributed by atoms with van der Waals surface area (Å²) in [4.78, 5) is 28.3. The number of amides is 2. The summed E-state index contributed by atoms with van der Waals surface area (Å²) in [5.74, 6) is 0.245. The Hall–Kier alpha value is -1.36. The van der Waals surface area contributed by atoms with Gasteiger partial charge in [0, 0.05) is 25.5 Å². The molecule has 3 heterocycles. The molecule has 3 rings (SSSR count). The first-order valence-electron chi connectivity index (χ1n) is 6.71. The molecule has 2 saturated heterocycles. The number of carbonyl (C=O) groups is 2. The van der Waals surface area contributed by atoms with Gasteiger partial charge in [0.05, 0.1) is 17.5 Å². The molecule has 2 aliphatic heterocycles. The minimum absolute atomic E-state index is 0.0871. The van der Waals surface area contributed by atoms with Crippen LogP contribution in [0.3, 0.4) is 0 Å². The lowest BCUT2D eigenvalue weighted by molar-refractivity contribution is -0.126. The molecule has 1 aromatic heterocycles. The summed E-state index contributed by atoms with van der Waals surface area (Å²) in [6, 6.07) is 1.87. The summed E-state index contributed by atoms with van der Waals surface area (Å²) in [6.45, 7) is 1.46. The van der Waals surface area contributed by atoms with Gasteiger partial charge in [-0.3, -0.25) is 9.59 Å². The third-order valence-electron chi connectivity index (χ3n) is 4.30. The van der Waals surface area contributed by atoms with Gasteiger partial charge < -0.3 is 9.80 Å². The summed E-state index contributed by atoms with van der Waals surface area (Å²) in [6.07, 6.45) is 3.57. The molecule has 2 amide bonds. The van der Waals surface area contributed by atoms with E-state index in [0.29, 0.717) is 13.0 Å². The number of nitrogens with zero attached hydrogens (tertiary/aromatic N) is 2. The summed E-state index contributed by atoms with van der Waals surface area (Å²) in [5.41, 5.74) is 0.497. The quantitative estimate of drug-likeness (QED) is 0.788. The minimum atomic E-state index is -0.261. The second kappa shape index (κ2) is 4.63. The smallest absolute Gasteiger partial charge is 0.255 e. The van der Waals surface area contributed by atoms with E-state index in [1.165, 1.54) is 11.3 Å². The molecule has 0 bridgehead atoms. The maximum atomic E-state index is 12.6. The van der Waals surface area contributed by atoms with Gasteiger partial charge in [-0.2, -0.15) is 11.3 Å². The first-order chi connectivity index (χ1) is 9.12. The van der Waals surface area contributed by atoms with Gasteiger partial charge in [0.15, 0.2) is 0 Å². The zero-order chi connectivity index (χ0) is 13.5. The Bertz CT molecular complexity index is 500. The van der Waals surface area contributed by atoms with Crippen molar-refractivity contribution in [2.75, 3.05) is 20.1 Å². The van der Waals surface area contributed by atoms with E-state index in [1.807, 2.05) is 28.8 Å². The molecular formula is C14H18N2O2S. The van der Waals surface area contributed by atoms with Crippen LogP contribution in [-0.4, -0.2) is 47.3 Å². The van der Waals surface area contributed by atoms with Gasteiger partial charge in [0.2, 0.25) is 5.91 Å². The molecule has 5 heteroatoms. The van der Waals surface area contributed by atoms with Gasteiger partial charge in [0.25, 0.3) is 5.91 Å². The molecule has 0 radical (unpaired) electrons. The number of thiophene rings is 1. The molecule has 0 aliphatic carbocycles. The fraction of sp³-hybridized carbons (Fsp3) is 0.571. The lowest BCUT2D eigenvalue weighted by Gasteiger charge is -2.44. The largest absolute Gasteiger partial charge is 0.343 e. The fourth-order valence-corrected chi connectivity index (χ4v) is 3.94. The molecule has 2 aliphatic rings. The number of piperidine rings is 1. The molecule has 19 heavy (non-hydrogen) atoms. The lowest BCUT2D eigenvalue weighted by atomic mass is 9.85. The predicted molar refractivity (Wildman–Crippen MR) is 74.2 cm³/mol. The maximum Gasteiger partial charge on any atom is 0.255 e. The van der Waals surface area contributed by atoms with Crippen molar-refractivity contribution in [2.45, 2.75) is 31.2 Å². The average molecular weight is 278 g/mol. The zero-order valence-electron chi connectivity index (χ0n) is 11.1. The molecular weight excluding hydrogens is 260 g/mol. The van der Waals surface area contributed by atoms with E-state index >= 15 is 0 Å². The third kappa shape index (κ3) is 2.06. The highest BCUT2D eigenvalue weighted by Crippen LogP contribution is 2.37. The standard InChI is InChI=1S/C14H18N2O2S/c1-15-10-14(8-12(15)17)5-2-3-6-16(14)13(18)11-4-7-19-9-11/h4,7,9H,2-3,5-6,8,10H2,1H3. The number of carbonyl (C=O) groups excluding carboxylic acids is 2. The van der Waals surface area contributed by atoms with Crippen LogP contribution in [0.15, 0.2) is 16.8 Å². The van der Waals surface area contributed by atoms with Crippen LogP contribution in [-0.2, 0) is 4.79 Å². The first kappa shape index (κ1) is 12.7. The van der Waals surface area contributed by atoms with Crippen molar-refractivity contribution in [3.05, 3.63) is 22.4 Å². The topological polar surface area (TPSA) is 40.6 Å². The Kier molecular flexibility index (Phi) is 3.09. The summed E-state index contributed by atoms with van der Waals surface area (Å²) >= 11 is 1.54. The monoisotopic (exact) mass is 278 g/mol. The maximum absolute atomic E-state index is 12.6. The van der Waals surface area contributed by atoms with Crippen LogP contribution < -0.4 is 0 Å². The second-order valence-corrected chi connectivity index (χ2v) is 6.36. The Morgan fingerprint density at radius 1 is 1.42 bits per heavy atom. The van der Waals surface area contributed by atoms with E-state index in [9.17, 15) is 9.59 Å². The molecule has 102 valence electrons. The number of likely N-dealkylation sites (tertiary alicyclic amines) is 2. The van der Waals surface area contributed by atoms with Crippen LogP contribution in [0.4, 0.5) is 0 Å². The average Bonchev–Trinajstić information content (AvgIpc) is 2.99. The number of rotatable bonds is 1. The van der Waals surface area contributed by atoms with Gasteiger partial charge in [0.1, 0.15) is 0 Å². The van der Waals surface area contributed by atoms with Crippen molar-refractivity contribution in [2.24, 2.45) is 0 Å². The second-order valence-electron chi connectivity index (χ2n) is 5.58. The van der Waals surface area contributed by atoms with Crippen molar-refractivity contribution < 1.29 is 9.59 Å². The van der Waals surface area contributed by atoms with Gasteiger partial charge in [-0.25, -0.2) is 0 Å². The molecule has 4 nitrogen and oxygen atoms in total. The number of hydrogen-bond donors (Lipinski definition) is 0. The Morgan fingerprint density at radius 2 is 2.26 bits per heavy atom. The minimum Gasteiger partial charge on any atom is -0.343 e. The summed E-state index contributed by atoms with van der Waals surface area (Å²) in [5, 5.41) is 3.82.